The van der Waals surface area contributed by atoms with Crippen molar-refractivity contribution in [1.29, 1.82) is 0 Å². The summed E-state index contributed by atoms with van der Waals surface area (Å²) in [6.07, 6.45) is 17.2. The Bertz CT molecular complexity index is 506. The third kappa shape index (κ3) is 15.3. The van der Waals surface area contributed by atoms with Gasteiger partial charge in [0.05, 0.1) is 13.2 Å². The number of benzene rings is 1. The molecule has 0 aromatic heterocycles. The molecule has 0 saturated heterocycles. The van der Waals surface area contributed by atoms with Crippen LogP contribution in [0, 0.1) is 0 Å². The standard InChI is InChI=1S/C26H45NO3/c1-3-5-6-7-8-9-10-11-12-13-14-16-19-24(27-22-26(28)29-4-2)23-30-25-20-17-15-18-21-25/h15,17-18,20-21,24,27H,3-14,16,19,22-23H2,1-2H3. The summed E-state index contributed by atoms with van der Waals surface area (Å²) < 4.78 is 10.9. The zero-order chi connectivity index (χ0) is 21.7. The number of para-hydroxylation sites is 1. The van der Waals surface area contributed by atoms with Gasteiger partial charge in [-0.25, -0.2) is 0 Å². The Balaban J connectivity index is 2.13. The normalized spacial score (nSPS) is 11.9. The molecule has 1 N–H and O–H groups in total. The van der Waals surface area contributed by atoms with Gasteiger partial charge >= 0.3 is 5.97 Å². The quantitative estimate of drug-likeness (QED) is 0.189. The van der Waals surface area contributed by atoms with E-state index in [1.807, 2.05) is 37.3 Å². The van der Waals surface area contributed by atoms with Gasteiger partial charge in [0.15, 0.2) is 0 Å². The number of esters is 1. The Kier molecular flexibility index (Phi) is 17.1. The van der Waals surface area contributed by atoms with Crippen molar-refractivity contribution in [2.45, 2.75) is 103 Å². The van der Waals surface area contributed by atoms with E-state index in [2.05, 4.69) is 12.2 Å². The SMILES string of the molecule is CCCCCCCCCCCCCCC(COc1ccccc1)NCC(=O)OCC. The molecule has 4 heteroatoms. The summed E-state index contributed by atoms with van der Waals surface area (Å²) in [6, 6.07) is 10.0. The largest absolute Gasteiger partial charge is 0.492 e. The molecule has 30 heavy (non-hydrogen) atoms. The lowest BCUT2D eigenvalue weighted by atomic mass is 10.0. The molecule has 0 aliphatic heterocycles. The number of carbonyl (C=O) groups excluding carboxylic acids is 1. The van der Waals surface area contributed by atoms with Crippen LogP contribution in [-0.4, -0.2) is 31.8 Å². The second kappa shape index (κ2) is 19.4. The van der Waals surface area contributed by atoms with Crippen LogP contribution in [0.2, 0.25) is 0 Å². The first-order chi connectivity index (χ1) is 14.8. The van der Waals surface area contributed by atoms with Crippen molar-refractivity contribution < 1.29 is 14.3 Å². The van der Waals surface area contributed by atoms with Crippen LogP contribution in [0.4, 0.5) is 0 Å². The third-order valence-electron chi connectivity index (χ3n) is 5.44. The monoisotopic (exact) mass is 419 g/mol. The summed E-state index contributed by atoms with van der Waals surface area (Å²) in [4.78, 5) is 11.7. The Morgan fingerprint density at radius 3 is 1.97 bits per heavy atom. The van der Waals surface area contributed by atoms with Crippen LogP contribution in [0.3, 0.4) is 0 Å². The molecule has 172 valence electrons. The van der Waals surface area contributed by atoms with Crippen molar-refractivity contribution in [3.8, 4) is 5.75 Å². The fraction of sp³-hybridized carbons (Fsp3) is 0.731. The fourth-order valence-electron chi connectivity index (χ4n) is 3.63. The van der Waals surface area contributed by atoms with E-state index in [1.165, 1.54) is 70.6 Å². The molecular weight excluding hydrogens is 374 g/mol. The van der Waals surface area contributed by atoms with Crippen LogP contribution in [0.5, 0.6) is 5.75 Å². The van der Waals surface area contributed by atoms with Crippen molar-refractivity contribution in [2.24, 2.45) is 0 Å². The van der Waals surface area contributed by atoms with Gasteiger partial charge < -0.3 is 14.8 Å². The summed E-state index contributed by atoms with van der Waals surface area (Å²) in [6.45, 7) is 5.34. The summed E-state index contributed by atoms with van der Waals surface area (Å²) in [7, 11) is 0. The van der Waals surface area contributed by atoms with E-state index >= 15 is 0 Å². The average molecular weight is 420 g/mol. The first-order valence-corrected chi connectivity index (χ1v) is 12.3. The number of unbranched alkanes of at least 4 members (excludes halogenated alkanes) is 11. The fourth-order valence-corrected chi connectivity index (χ4v) is 3.63. The lowest BCUT2D eigenvalue weighted by molar-refractivity contribution is -0.142. The minimum absolute atomic E-state index is 0.165. The highest BCUT2D eigenvalue weighted by molar-refractivity contribution is 5.71. The number of rotatable bonds is 20. The Morgan fingerprint density at radius 2 is 1.40 bits per heavy atom. The molecule has 0 saturated carbocycles. The minimum atomic E-state index is -0.197. The van der Waals surface area contributed by atoms with E-state index in [-0.39, 0.29) is 18.6 Å². The molecule has 0 amide bonds. The maximum Gasteiger partial charge on any atom is 0.319 e. The molecule has 1 unspecified atom stereocenters. The van der Waals surface area contributed by atoms with E-state index in [9.17, 15) is 4.79 Å². The predicted octanol–water partition coefficient (Wildman–Crippen LogP) is 6.68. The van der Waals surface area contributed by atoms with Crippen molar-refractivity contribution in [1.82, 2.24) is 5.32 Å². The highest BCUT2D eigenvalue weighted by atomic mass is 16.5. The summed E-state index contributed by atoms with van der Waals surface area (Å²) in [5.41, 5.74) is 0. The predicted molar refractivity (Wildman–Crippen MR) is 126 cm³/mol. The molecule has 1 aromatic rings. The van der Waals surface area contributed by atoms with E-state index in [0.717, 1.165) is 18.6 Å². The van der Waals surface area contributed by atoms with Crippen LogP contribution >= 0.6 is 0 Å². The van der Waals surface area contributed by atoms with Gasteiger partial charge in [-0.3, -0.25) is 4.79 Å². The molecule has 1 atom stereocenters. The molecule has 1 rings (SSSR count). The van der Waals surface area contributed by atoms with Gasteiger partial charge in [-0.1, -0.05) is 102 Å². The van der Waals surface area contributed by atoms with Crippen LogP contribution in [-0.2, 0) is 9.53 Å². The third-order valence-corrected chi connectivity index (χ3v) is 5.44. The number of carbonyl (C=O) groups is 1. The van der Waals surface area contributed by atoms with E-state index in [0.29, 0.717) is 13.2 Å². The molecule has 0 aliphatic rings. The first-order valence-electron chi connectivity index (χ1n) is 12.3. The molecular formula is C26H45NO3. The second-order valence-corrected chi connectivity index (χ2v) is 8.18. The zero-order valence-electron chi connectivity index (χ0n) is 19.5. The number of ether oxygens (including phenoxy) is 2. The number of hydrogen-bond acceptors (Lipinski definition) is 4. The molecule has 0 heterocycles. The van der Waals surface area contributed by atoms with E-state index in [1.54, 1.807) is 0 Å². The molecule has 0 spiro atoms. The lowest BCUT2D eigenvalue weighted by Gasteiger charge is -2.19. The summed E-state index contributed by atoms with van der Waals surface area (Å²) in [5, 5.41) is 3.31. The van der Waals surface area contributed by atoms with Crippen molar-refractivity contribution in [2.75, 3.05) is 19.8 Å². The van der Waals surface area contributed by atoms with Crippen LogP contribution in [0.15, 0.2) is 30.3 Å². The van der Waals surface area contributed by atoms with Gasteiger partial charge in [0.2, 0.25) is 0 Å². The highest BCUT2D eigenvalue weighted by Gasteiger charge is 2.12. The molecule has 0 aliphatic carbocycles. The topological polar surface area (TPSA) is 47.6 Å². The number of hydrogen-bond donors (Lipinski definition) is 1. The lowest BCUT2D eigenvalue weighted by Crippen LogP contribution is -2.38. The molecule has 0 radical (unpaired) electrons. The summed E-state index contributed by atoms with van der Waals surface area (Å²) in [5.74, 6) is 0.673. The first kappa shape index (κ1) is 26.5. The van der Waals surface area contributed by atoms with E-state index < -0.39 is 0 Å². The molecule has 0 fully saturated rings. The Labute approximate surface area is 185 Å². The molecule has 0 bridgehead atoms. The van der Waals surface area contributed by atoms with Crippen molar-refractivity contribution in [3.63, 3.8) is 0 Å². The maximum atomic E-state index is 11.7. The van der Waals surface area contributed by atoms with Gasteiger partial charge in [-0.05, 0) is 25.5 Å². The summed E-state index contributed by atoms with van der Waals surface area (Å²) >= 11 is 0. The van der Waals surface area contributed by atoms with Crippen LogP contribution in [0.1, 0.15) is 97.3 Å². The van der Waals surface area contributed by atoms with Gasteiger partial charge in [0.25, 0.3) is 0 Å². The van der Waals surface area contributed by atoms with Crippen molar-refractivity contribution >= 4 is 5.97 Å². The Hall–Kier alpha value is -1.55. The van der Waals surface area contributed by atoms with E-state index in [4.69, 9.17) is 9.47 Å². The smallest absolute Gasteiger partial charge is 0.319 e. The van der Waals surface area contributed by atoms with Gasteiger partial charge in [0.1, 0.15) is 12.4 Å². The second-order valence-electron chi connectivity index (χ2n) is 8.18. The molecule has 4 nitrogen and oxygen atoms in total. The van der Waals surface area contributed by atoms with Crippen molar-refractivity contribution in [3.05, 3.63) is 30.3 Å². The van der Waals surface area contributed by atoms with Gasteiger partial charge in [-0.2, -0.15) is 0 Å². The maximum absolute atomic E-state index is 11.7. The van der Waals surface area contributed by atoms with Gasteiger partial charge in [-0.15, -0.1) is 0 Å². The van der Waals surface area contributed by atoms with Crippen LogP contribution < -0.4 is 10.1 Å². The highest BCUT2D eigenvalue weighted by Crippen LogP contribution is 2.14. The minimum Gasteiger partial charge on any atom is -0.492 e. The average Bonchev–Trinajstić information content (AvgIpc) is 2.76. The zero-order valence-corrected chi connectivity index (χ0v) is 19.5. The van der Waals surface area contributed by atoms with Gasteiger partial charge in [0, 0.05) is 6.04 Å². The molecule has 1 aromatic carbocycles. The number of nitrogens with one attached hydrogen (secondary N) is 1. The Morgan fingerprint density at radius 1 is 0.833 bits per heavy atom. The van der Waals surface area contributed by atoms with Crippen LogP contribution in [0.25, 0.3) is 0 Å².